The van der Waals surface area contributed by atoms with E-state index in [4.69, 9.17) is 5.11 Å². The molecule has 1 aromatic carbocycles. The molecule has 1 aromatic rings. The molecule has 1 aliphatic rings. The van der Waals surface area contributed by atoms with Gasteiger partial charge in [0.25, 0.3) is 0 Å². The summed E-state index contributed by atoms with van der Waals surface area (Å²) in [6, 6.07) is 8.33. The second-order valence-electron chi connectivity index (χ2n) is 3.93. The molecular weight excluding hydrogens is 210 g/mol. The summed E-state index contributed by atoms with van der Waals surface area (Å²) in [6.07, 6.45) is 2.43. The third kappa shape index (κ3) is 3.20. The second-order valence-corrected chi connectivity index (χ2v) is 3.93. The zero-order valence-corrected chi connectivity index (χ0v) is 9.59. The van der Waals surface area contributed by atoms with Crippen LogP contribution in [0.5, 0.6) is 0 Å². The van der Waals surface area contributed by atoms with E-state index >= 15 is 0 Å². The summed E-state index contributed by atoms with van der Waals surface area (Å²) in [5, 5.41) is 12.4. The Morgan fingerprint density at radius 3 is 2.67 bits per heavy atom. The van der Waals surface area contributed by atoms with Gasteiger partial charge in [0, 0.05) is 0 Å². The molecule has 0 amide bonds. The zero-order chi connectivity index (χ0) is 9.80. The third-order valence-electron chi connectivity index (χ3n) is 2.94. The molecule has 1 saturated heterocycles. The van der Waals surface area contributed by atoms with E-state index in [0.29, 0.717) is 5.92 Å². The SMILES string of the molecule is Cl.OCc1cccc(C2CCNCC2)c1. The van der Waals surface area contributed by atoms with Gasteiger partial charge < -0.3 is 10.4 Å². The van der Waals surface area contributed by atoms with Gasteiger partial charge in [0.1, 0.15) is 0 Å². The van der Waals surface area contributed by atoms with Crippen molar-refractivity contribution in [2.24, 2.45) is 0 Å². The molecule has 0 aromatic heterocycles. The quantitative estimate of drug-likeness (QED) is 0.811. The van der Waals surface area contributed by atoms with Crippen molar-refractivity contribution >= 4 is 12.4 Å². The van der Waals surface area contributed by atoms with Gasteiger partial charge in [-0.15, -0.1) is 12.4 Å². The summed E-state index contributed by atoms with van der Waals surface area (Å²) in [7, 11) is 0. The first-order valence-corrected chi connectivity index (χ1v) is 5.30. The Kier molecular flexibility index (Phi) is 5.09. The van der Waals surface area contributed by atoms with E-state index < -0.39 is 0 Å². The van der Waals surface area contributed by atoms with Crippen LogP contribution in [0, 0.1) is 0 Å². The summed E-state index contributed by atoms with van der Waals surface area (Å²) >= 11 is 0. The lowest BCUT2D eigenvalue weighted by Gasteiger charge is -2.23. The molecule has 0 saturated carbocycles. The molecule has 3 heteroatoms. The highest BCUT2D eigenvalue weighted by molar-refractivity contribution is 5.85. The van der Waals surface area contributed by atoms with Crippen molar-refractivity contribution in [1.29, 1.82) is 0 Å². The Morgan fingerprint density at radius 1 is 1.27 bits per heavy atom. The maximum absolute atomic E-state index is 9.05. The number of hydrogen-bond donors (Lipinski definition) is 2. The number of piperidine rings is 1. The van der Waals surface area contributed by atoms with Crippen LogP contribution in [0.2, 0.25) is 0 Å². The predicted molar refractivity (Wildman–Crippen MR) is 64.5 cm³/mol. The maximum Gasteiger partial charge on any atom is 0.0681 e. The minimum absolute atomic E-state index is 0. The first kappa shape index (κ1) is 12.5. The second kappa shape index (κ2) is 6.11. The summed E-state index contributed by atoms with van der Waals surface area (Å²) < 4.78 is 0. The van der Waals surface area contributed by atoms with Gasteiger partial charge in [-0.25, -0.2) is 0 Å². The smallest absolute Gasteiger partial charge is 0.0681 e. The van der Waals surface area contributed by atoms with Crippen LogP contribution in [-0.2, 0) is 6.61 Å². The average Bonchev–Trinajstić information content (AvgIpc) is 2.30. The number of aliphatic hydroxyl groups excluding tert-OH is 1. The Balaban J connectivity index is 0.00000112. The fourth-order valence-corrected chi connectivity index (χ4v) is 2.10. The molecule has 1 aliphatic heterocycles. The van der Waals surface area contributed by atoms with Gasteiger partial charge in [-0.3, -0.25) is 0 Å². The Bertz CT molecular complexity index is 297. The van der Waals surface area contributed by atoms with Gasteiger partial charge in [0.2, 0.25) is 0 Å². The van der Waals surface area contributed by atoms with Crippen molar-refractivity contribution in [3.05, 3.63) is 35.4 Å². The maximum atomic E-state index is 9.05. The summed E-state index contributed by atoms with van der Waals surface area (Å²) in [6.45, 7) is 2.39. The minimum atomic E-state index is 0. The standard InChI is InChI=1S/C12H17NO.ClH/c14-9-10-2-1-3-12(8-10)11-4-6-13-7-5-11;/h1-3,8,11,13-14H,4-7,9H2;1H. The molecule has 0 radical (unpaired) electrons. The summed E-state index contributed by atoms with van der Waals surface area (Å²) in [5.41, 5.74) is 2.42. The van der Waals surface area contributed by atoms with Crippen LogP contribution in [0.4, 0.5) is 0 Å². The molecule has 2 nitrogen and oxygen atoms in total. The lowest BCUT2D eigenvalue weighted by atomic mass is 9.89. The van der Waals surface area contributed by atoms with Crippen molar-refractivity contribution in [2.45, 2.75) is 25.4 Å². The van der Waals surface area contributed by atoms with Crippen molar-refractivity contribution < 1.29 is 5.11 Å². The van der Waals surface area contributed by atoms with Gasteiger partial charge in [0.05, 0.1) is 6.61 Å². The van der Waals surface area contributed by atoms with Crippen molar-refractivity contribution in [1.82, 2.24) is 5.32 Å². The minimum Gasteiger partial charge on any atom is -0.392 e. The van der Waals surface area contributed by atoms with E-state index in [-0.39, 0.29) is 19.0 Å². The van der Waals surface area contributed by atoms with Crippen LogP contribution in [0.15, 0.2) is 24.3 Å². The zero-order valence-electron chi connectivity index (χ0n) is 8.78. The van der Waals surface area contributed by atoms with Gasteiger partial charge in [0.15, 0.2) is 0 Å². The average molecular weight is 228 g/mol. The monoisotopic (exact) mass is 227 g/mol. The molecule has 0 spiro atoms. The van der Waals surface area contributed by atoms with Gasteiger partial charge >= 0.3 is 0 Å². The van der Waals surface area contributed by atoms with Gasteiger partial charge in [-0.2, -0.15) is 0 Å². The van der Waals surface area contributed by atoms with Crippen LogP contribution in [-0.4, -0.2) is 18.2 Å². The van der Waals surface area contributed by atoms with Gasteiger partial charge in [-0.05, 0) is 43.0 Å². The topological polar surface area (TPSA) is 32.3 Å². The number of hydrogen-bond acceptors (Lipinski definition) is 2. The molecule has 0 unspecified atom stereocenters. The number of aliphatic hydroxyl groups is 1. The molecule has 15 heavy (non-hydrogen) atoms. The van der Waals surface area contributed by atoms with Crippen LogP contribution >= 0.6 is 12.4 Å². The first-order chi connectivity index (χ1) is 6.90. The van der Waals surface area contributed by atoms with E-state index in [1.54, 1.807) is 0 Å². The molecule has 2 N–H and O–H groups in total. The molecule has 1 heterocycles. The molecular formula is C12H18ClNO. The van der Waals surface area contributed by atoms with E-state index in [1.165, 1.54) is 18.4 Å². The van der Waals surface area contributed by atoms with Crippen LogP contribution in [0.25, 0.3) is 0 Å². The van der Waals surface area contributed by atoms with E-state index in [9.17, 15) is 0 Å². The highest BCUT2D eigenvalue weighted by Crippen LogP contribution is 2.25. The number of halogens is 1. The van der Waals surface area contributed by atoms with E-state index in [1.807, 2.05) is 12.1 Å². The number of benzene rings is 1. The summed E-state index contributed by atoms with van der Waals surface area (Å²) in [4.78, 5) is 0. The molecule has 84 valence electrons. The molecule has 1 fully saturated rings. The number of nitrogens with one attached hydrogen (secondary N) is 1. The molecule has 0 bridgehead atoms. The highest BCUT2D eigenvalue weighted by Gasteiger charge is 2.14. The van der Waals surface area contributed by atoms with Crippen LogP contribution < -0.4 is 5.32 Å². The van der Waals surface area contributed by atoms with Crippen LogP contribution in [0.3, 0.4) is 0 Å². The highest BCUT2D eigenvalue weighted by atomic mass is 35.5. The van der Waals surface area contributed by atoms with Crippen LogP contribution in [0.1, 0.15) is 29.9 Å². The fourth-order valence-electron chi connectivity index (χ4n) is 2.10. The van der Waals surface area contributed by atoms with E-state index in [0.717, 1.165) is 18.7 Å². The lowest BCUT2D eigenvalue weighted by Crippen LogP contribution is -2.26. The third-order valence-corrected chi connectivity index (χ3v) is 2.94. The van der Waals surface area contributed by atoms with Crippen molar-refractivity contribution in [2.75, 3.05) is 13.1 Å². The molecule has 0 atom stereocenters. The van der Waals surface area contributed by atoms with Crippen molar-refractivity contribution in [3.8, 4) is 0 Å². The van der Waals surface area contributed by atoms with Gasteiger partial charge in [-0.1, -0.05) is 24.3 Å². The summed E-state index contributed by atoms with van der Waals surface area (Å²) in [5.74, 6) is 0.683. The number of rotatable bonds is 2. The molecule has 0 aliphatic carbocycles. The Labute approximate surface area is 97.1 Å². The Hall–Kier alpha value is -0.570. The molecule has 2 rings (SSSR count). The predicted octanol–water partition coefficient (Wildman–Crippen LogP) is 2.07. The Morgan fingerprint density at radius 2 is 2.00 bits per heavy atom. The first-order valence-electron chi connectivity index (χ1n) is 5.30. The fraction of sp³-hybridized carbons (Fsp3) is 0.500. The lowest BCUT2D eigenvalue weighted by molar-refractivity contribution is 0.281. The largest absolute Gasteiger partial charge is 0.392 e. The van der Waals surface area contributed by atoms with Crippen molar-refractivity contribution in [3.63, 3.8) is 0 Å². The van der Waals surface area contributed by atoms with E-state index in [2.05, 4.69) is 17.4 Å². The normalized spacial score (nSPS) is 17.1.